The summed E-state index contributed by atoms with van der Waals surface area (Å²) in [6.07, 6.45) is 0. The smallest absolute Gasteiger partial charge is 0.240 e. The Morgan fingerprint density at radius 1 is 0.929 bits per heavy atom. The van der Waals surface area contributed by atoms with E-state index in [0.717, 1.165) is 0 Å². The Morgan fingerprint density at radius 3 is 2.11 bits per heavy atom. The second-order valence-electron chi connectivity index (χ2n) is 6.19. The highest BCUT2D eigenvalue weighted by Crippen LogP contribution is 2.33. The van der Waals surface area contributed by atoms with Crippen molar-refractivity contribution < 1.29 is 8.42 Å². The molecule has 0 amide bonds. The Bertz CT molecular complexity index is 1080. The highest BCUT2D eigenvalue weighted by atomic mass is 32.2. The highest BCUT2D eigenvalue weighted by Gasteiger charge is 2.29. The molecule has 28 heavy (non-hydrogen) atoms. The molecule has 3 aromatic rings. The van der Waals surface area contributed by atoms with E-state index in [1.165, 1.54) is 6.07 Å². The van der Waals surface area contributed by atoms with Crippen molar-refractivity contribution in [2.45, 2.75) is 24.0 Å². The lowest BCUT2D eigenvalue weighted by Gasteiger charge is -2.25. The molecule has 0 saturated heterocycles. The average molecular weight is 393 g/mol. The predicted octanol–water partition coefficient (Wildman–Crippen LogP) is 4.46. The molecule has 0 aliphatic heterocycles. The number of rotatable bonds is 7. The molecule has 0 saturated carbocycles. The van der Waals surface area contributed by atoms with Crippen molar-refractivity contribution in [2.24, 2.45) is 5.11 Å². The second-order valence-corrected chi connectivity index (χ2v) is 7.85. The summed E-state index contributed by atoms with van der Waals surface area (Å²) in [5, 5.41) is 3.82. The molecule has 0 bridgehead atoms. The Kier molecular flexibility index (Phi) is 6.06. The van der Waals surface area contributed by atoms with Crippen molar-refractivity contribution in [3.8, 4) is 0 Å². The molecule has 0 fully saturated rings. The molecule has 0 spiro atoms. The molecule has 2 atom stereocenters. The van der Waals surface area contributed by atoms with Gasteiger partial charge in [0.1, 0.15) is 0 Å². The number of nitrogens with one attached hydrogen (secondary N) is 1. The van der Waals surface area contributed by atoms with Crippen LogP contribution in [0.2, 0.25) is 0 Å². The van der Waals surface area contributed by atoms with Gasteiger partial charge >= 0.3 is 0 Å². The summed E-state index contributed by atoms with van der Waals surface area (Å²) in [5.74, 6) is 0. The monoisotopic (exact) mass is 393 g/mol. The van der Waals surface area contributed by atoms with Crippen molar-refractivity contribution in [3.05, 3.63) is 106 Å². The zero-order valence-corrected chi connectivity index (χ0v) is 16.0. The average Bonchev–Trinajstić information content (AvgIpc) is 2.72. The quantitative estimate of drug-likeness (QED) is 0.363. The van der Waals surface area contributed by atoms with Gasteiger partial charge in [0, 0.05) is 10.6 Å². The number of azide groups is 1. The van der Waals surface area contributed by atoms with Crippen LogP contribution in [0.1, 0.15) is 28.9 Å². The van der Waals surface area contributed by atoms with Crippen molar-refractivity contribution in [1.82, 2.24) is 9.71 Å². The first-order chi connectivity index (χ1) is 13.5. The number of hydrogen-bond donors (Lipinski definition) is 1. The van der Waals surface area contributed by atoms with E-state index in [9.17, 15) is 8.42 Å². The number of pyridine rings is 1. The van der Waals surface area contributed by atoms with E-state index in [-0.39, 0.29) is 5.03 Å². The first-order valence-corrected chi connectivity index (χ1v) is 10.1. The van der Waals surface area contributed by atoms with Crippen LogP contribution in [0.3, 0.4) is 0 Å². The first kappa shape index (κ1) is 19.6. The fraction of sp³-hybridized carbons (Fsp3) is 0.150. The van der Waals surface area contributed by atoms with Crippen molar-refractivity contribution in [3.63, 3.8) is 0 Å². The molecule has 142 valence electrons. The van der Waals surface area contributed by atoms with Gasteiger partial charge < -0.3 is 0 Å². The summed E-state index contributed by atoms with van der Waals surface area (Å²) in [7, 11) is -3.95. The number of aromatic nitrogens is 1. The molecular formula is C20H19N5O2S. The van der Waals surface area contributed by atoms with Crippen LogP contribution in [0.15, 0.2) is 89.0 Å². The van der Waals surface area contributed by atoms with E-state index in [1.54, 1.807) is 55.5 Å². The molecule has 7 nitrogen and oxygen atoms in total. The number of sulfonamides is 1. The predicted molar refractivity (Wildman–Crippen MR) is 107 cm³/mol. The van der Waals surface area contributed by atoms with E-state index < -0.39 is 22.1 Å². The van der Waals surface area contributed by atoms with E-state index in [4.69, 9.17) is 5.53 Å². The van der Waals surface area contributed by atoms with Crippen LogP contribution in [0.4, 0.5) is 0 Å². The van der Waals surface area contributed by atoms with Gasteiger partial charge in [-0.2, -0.15) is 0 Å². The van der Waals surface area contributed by atoms with Gasteiger partial charge in [-0.25, -0.2) is 18.1 Å². The number of benzene rings is 2. The van der Waals surface area contributed by atoms with Gasteiger partial charge in [-0.1, -0.05) is 71.8 Å². The molecule has 0 radical (unpaired) electrons. The number of nitrogens with zero attached hydrogens (tertiary/aromatic N) is 4. The van der Waals surface area contributed by atoms with E-state index in [2.05, 4.69) is 19.7 Å². The third-order valence-corrected chi connectivity index (χ3v) is 5.55. The molecule has 2 aromatic carbocycles. The summed E-state index contributed by atoms with van der Waals surface area (Å²) in [4.78, 5) is 7.07. The van der Waals surface area contributed by atoms with Crippen LogP contribution < -0.4 is 4.72 Å². The maximum absolute atomic E-state index is 13.0. The van der Waals surface area contributed by atoms with E-state index in [1.807, 2.05) is 24.3 Å². The summed E-state index contributed by atoms with van der Waals surface area (Å²) in [6, 6.07) is 21.3. The summed E-state index contributed by atoms with van der Waals surface area (Å²) in [6.45, 7) is 1.72. The molecule has 0 unspecified atom stereocenters. The maximum atomic E-state index is 13.0. The van der Waals surface area contributed by atoms with Crippen LogP contribution in [-0.2, 0) is 10.0 Å². The fourth-order valence-electron chi connectivity index (χ4n) is 2.90. The standard InChI is InChI=1S/C20H19N5O2S/c1-15-9-8-14-18(22-15)28(26,27)24-20(17-12-6-3-7-13-17)19(23-25-21)16-10-4-2-5-11-16/h2-14,19-20,24H,1H3/t19-,20-/m0/s1. The molecular weight excluding hydrogens is 374 g/mol. The van der Waals surface area contributed by atoms with Gasteiger partial charge in [-0.3, -0.25) is 0 Å². The SMILES string of the molecule is Cc1cccc(S(=O)(=O)N[C@@H](c2ccccc2)[C@@H](N=[N+]=[N-])c2ccccc2)n1. The minimum absolute atomic E-state index is 0.0822. The zero-order valence-electron chi connectivity index (χ0n) is 15.2. The van der Waals surface area contributed by atoms with Crippen LogP contribution in [0, 0.1) is 6.92 Å². The highest BCUT2D eigenvalue weighted by molar-refractivity contribution is 7.89. The first-order valence-electron chi connectivity index (χ1n) is 8.61. The van der Waals surface area contributed by atoms with Crippen LogP contribution in [-0.4, -0.2) is 13.4 Å². The Hall–Kier alpha value is -3.19. The third-order valence-electron chi connectivity index (χ3n) is 4.21. The molecule has 8 heteroatoms. The topological polar surface area (TPSA) is 108 Å². The summed E-state index contributed by atoms with van der Waals surface area (Å²) in [5.41, 5.74) is 11.1. The van der Waals surface area contributed by atoms with Gasteiger partial charge in [-0.05, 0) is 35.7 Å². The van der Waals surface area contributed by atoms with E-state index in [0.29, 0.717) is 16.8 Å². The number of aryl methyl sites for hydroxylation is 1. The third kappa shape index (κ3) is 4.55. The van der Waals surface area contributed by atoms with Gasteiger partial charge in [0.25, 0.3) is 10.0 Å². The van der Waals surface area contributed by atoms with Crippen LogP contribution in [0.5, 0.6) is 0 Å². The minimum Gasteiger partial charge on any atom is -0.240 e. The fourth-order valence-corrected chi connectivity index (χ4v) is 4.14. The molecule has 1 aromatic heterocycles. The minimum atomic E-state index is -3.95. The van der Waals surface area contributed by atoms with Crippen LogP contribution in [0.25, 0.3) is 10.4 Å². The lowest BCUT2D eigenvalue weighted by molar-refractivity contribution is 0.501. The van der Waals surface area contributed by atoms with Gasteiger partial charge in [0.2, 0.25) is 0 Å². The van der Waals surface area contributed by atoms with Gasteiger partial charge in [-0.15, -0.1) is 0 Å². The Labute approximate surface area is 163 Å². The molecule has 1 heterocycles. The Balaban J connectivity index is 2.08. The van der Waals surface area contributed by atoms with Gasteiger partial charge in [0.05, 0.1) is 12.1 Å². The van der Waals surface area contributed by atoms with Crippen LogP contribution >= 0.6 is 0 Å². The molecule has 0 aliphatic carbocycles. The summed E-state index contributed by atoms with van der Waals surface area (Å²) >= 11 is 0. The van der Waals surface area contributed by atoms with Crippen molar-refractivity contribution >= 4 is 10.0 Å². The second kappa shape index (κ2) is 8.67. The number of hydrogen-bond acceptors (Lipinski definition) is 4. The van der Waals surface area contributed by atoms with E-state index >= 15 is 0 Å². The molecule has 0 aliphatic rings. The maximum Gasteiger partial charge on any atom is 0.258 e. The Morgan fingerprint density at radius 2 is 1.54 bits per heavy atom. The molecule has 1 N–H and O–H groups in total. The lowest BCUT2D eigenvalue weighted by Crippen LogP contribution is -2.32. The normalized spacial score (nSPS) is 13.3. The van der Waals surface area contributed by atoms with Crippen molar-refractivity contribution in [1.29, 1.82) is 0 Å². The van der Waals surface area contributed by atoms with Crippen molar-refractivity contribution in [2.75, 3.05) is 0 Å². The zero-order chi connectivity index (χ0) is 20.0. The van der Waals surface area contributed by atoms with Gasteiger partial charge in [0.15, 0.2) is 5.03 Å². The largest absolute Gasteiger partial charge is 0.258 e. The lowest BCUT2D eigenvalue weighted by atomic mass is 9.95. The molecule has 3 rings (SSSR count). The summed E-state index contributed by atoms with van der Waals surface area (Å²) < 4.78 is 28.7.